The van der Waals surface area contributed by atoms with Gasteiger partial charge in [-0.1, -0.05) is 40.2 Å². The Labute approximate surface area is 175 Å². The minimum Gasteiger partial charge on any atom is -0.489 e. The van der Waals surface area contributed by atoms with Crippen molar-refractivity contribution in [1.29, 1.82) is 0 Å². The Morgan fingerprint density at radius 2 is 1.79 bits per heavy atom. The first kappa shape index (κ1) is 19.1. The molecule has 0 radical (unpaired) electrons. The van der Waals surface area contributed by atoms with Crippen LogP contribution in [0.5, 0.6) is 5.75 Å². The van der Waals surface area contributed by atoms with E-state index in [9.17, 15) is 9.18 Å². The topological polar surface area (TPSA) is 47.9 Å². The smallest absolute Gasteiger partial charge is 0.363 e. The van der Waals surface area contributed by atoms with Crippen molar-refractivity contribution in [3.8, 4) is 5.75 Å². The highest BCUT2D eigenvalue weighted by Gasteiger charge is 2.24. The van der Waals surface area contributed by atoms with Crippen molar-refractivity contribution in [3.05, 3.63) is 105 Å². The third-order valence-electron chi connectivity index (χ3n) is 4.19. The molecule has 1 aliphatic heterocycles. The van der Waals surface area contributed by atoms with Gasteiger partial charge >= 0.3 is 5.97 Å². The minimum atomic E-state index is -0.499. The predicted octanol–water partition coefficient (Wildman–Crippen LogP) is 5.51. The van der Waals surface area contributed by atoms with Crippen LogP contribution in [-0.4, -0.2) is 11.9 Å². The molecule has 0 atom stereocenters. The van der Waals surface area contributed by atoms with Crippen molar-refractivity contribution in [1.82, 2.24) is 0 Å². The van der Waals surface area contributed by atoms with Gasteiger partial charge in [0.2, 0.25) is 5.90 Å². The maximum atomic E-state index is 13.0. The quantitative estimate of drug-likeness (QED) is 0.379. The van der Waals surface area contributed by atoms with Gasteiger partial charge in [0.25, 0.3) is 0 Å². The van der Waals surface area contributed by atoms with Crippen LogP contribution in [0, 0.1) is 5.82 Å². The molecule has 1 aliphatic rings. The number of carbonyl (C=O) groups is 1. The van der Waals surface area contributed by atoms with Crippen LogP contribution in [0.25, 0.3) is 6.08 Å². The van der Waals surface area contributed by atoms with E-state index in [2.05, 4.69) is 20.9 Å². The highest BCUT2D eigenvalue weighted by molar-refractivity contribution is 9.10. The van der Waals surface area contributed by atoms with Crippen molar-refractivity contribution < 1.29 is 18.7 Å². The Morgan fingerprint density at radius 3 is 2.55 bits per heavy atom. The number of aliphatic imine (C=N–C) groups is 1. The van der Waals surface area contributed by atoms with Gasteiger partial charge in [0.15, 0.2) is 5.70 Å². The van der Waals surface area contributed by atoms with Crippen LogP contribution in [0.1, 0.15) is 16.7 Å². The molecule has 0 spiro atoms. The zero-order chi connectivity index (χ0) is 20.2. The lowest BCUT2D eigenvalue weighted by atomic mass is 10.2. The molecule has 0 unspecified atom stereocenters. The molecule has 0 fully saturated rings. The Balaban J connectivity index is 1.50. The standard InChI is InChI=1S/C23H15BrFNO3/c24-18-8-6-17(7-9-18)22-26-21(23(27)29-22)13-16-2-1-3-20(12-16)28-14-15-4-10-19(25)11-5-15/h1-13H,14H2/b21-13+. The number of ether oxygens (including phenoxy) is 2. The van der Waals surface area contributed by atoms with Gasteiger partial charge in [-0.2, -0.15) is 0 Å². The van der Waals surface area contributed by atoms with E-state index in [0.29, 0.717) is 12.4 Å². The number of carbonyl (C=O) groups excluding carboxylic acids is 1. The number of benzene rings is 3. The fraction of sp³-hybridized carbons (Fsp3) is 0.0435. The lowest BCUT2D eigenvalue weighted by Gasteiger charge is -2.07. The number of halogens is 2. The second-order valence-electron chi connectivity index (χ2n) is 6.33. The summed E-state index contributed by atoms with van der Waals surface area (Å²) < 4.78 is 25.0. The Bertz CT molecular complexity index is 1110. The summed E-state index contributed by atoms with van der Waals surface area (Å²) in [5, 5.41) is 0. The van der Waals surface area contributed by atoms with E-state index < -0.39 is 5.97 Å². The van der Waals surface area contributed by atoms with Gasteiger partial charge in [0.1, 0.15) is 18.2 Å². The molecular formula is C23H15BrFNO3. The number of esters is 1. The number of rotatable bonds is 5. The average molecular weight is 452 g/mol. The van der Waals surface area contributed by atoms with Crippen molar-refractivity contribution in [2.45, 2.75) is 6.61 Å². The van der Waals surface area contributed by atoms with Gasteiger partial charge < -0.3 is 9.47 Å². The van der Waals surface area contributed by atoms with Gasteiger partial charge in [0.05, 0.1) is 0 Å². The molecule has 6 heteroatoms. The molecule has 0 saturated carbocycles. The summed E-state index contributed by atoms with van der Waals surface area (Å²) in [5.74, 6) is 0.124. The Kier molecular flexibility index (Phi) is 5.53. The number of hydrogen-bond donors (Lipinski definition) is 0. The average Bonchev–Trinajstić information content (AvgIpc) is 3.09. The summed E-state index contributed by atoms with van der Waals surface area (Å²) in [4.78, 5) is 16.5. The minimum absolute atomic E-state index is 0.221. The lowest BCUT2D eigenvalue weighted by Crippen LogP contribution is -2.05. The molecular weight excluding hydrogens is 437 g/mol. The van der Waals surface area contributed by atoms with E-state index in [1.54, 1.807) is 24.3 Å². The van der Waals surface area contributed by atoms with Gasteiger partial charge in [-0.3, -0.25) is 0 Å². The van der Waals surface area contributed by atoms with Crippen LogP contribution in [0.15, 0.2) is 88.0 Å². The summed E-state index contributed by atoms with van der Waals surface area (Å²) in [6, 6.07) is 20.8. The van der Waals surface area contributed by atoms with E-state index in [-0.39, 0.29) is 17.4 Å². The summed E-state index contributed by atoms with van der Waals surface area (Å²) in [6.45, 7) is 0.314. The molecule has 4 rings (SSSR count). The van der Waals surface area contributed by atoms with Crippen LogP contribution in [0.2, 0.25) is 0 Å². The number of nitrogens with zero attached hydrogens (tertiary/aromatic N) is 1. The molecule has 144 valence electrons. The maximum absolute atomic E-state index is 13.0. The van der Waals surface area contributed by atoms with Crippen LogP contribution in [-0.2, 0) is 16.1 Å². The second-order valence-corrected chi connectivity index (χ2v) is 7.25. The van der Waals surface area contributed by atoms with Crippen molar-refractivity contribution in [3.63, 3.8) is 0 Å². The zero-order valence-corrected chi connectivity index (χ0v) is 16.7. The van der Waals surface area contributed by atoms with Crippen LogP contribution < -0.4 is 4.74 Å². The molecule has 0 N–H and O–H groups in total. The number of hydrogen-bond acceptors (Lipinski definition) is 4. The van der Waals surface area contributed by atoms with Gasteiger partial charge in [-0.05, 0) is 65.7 Å². The highest BCUT2D eigenvalue weighted by atomic mass is 79.9. The van der Waals surface area contributed by atoms with Crippen LogP contribution in [0.4, 0.5) is 4.39 Å². The predicted molar refractivity (Wildman–Crippen MR) is 112 cm³/mol. The molecule has 1 heterocycles. The number of cyclic esters (lactones) is 1. The molecule has 3 aromatic carbocycles. The maximum Gasteiger partial charge on any atom is 0.363 e. The van der Waals surface area contributed by atoms with E-state index in [0.717, 1.165) is 21.2 Å². The van der Waals surface area contributed by atoms with E-state index in [4.69, 9.17) is 9.47 Å². The second kappa shape index (κ2) is 8.41. The molecule has 3 aromatic rings. The normalized spacial score (nSPS) is 14.6. The van der Waals surface area contributed by atoms with Gasteiger partial charge in [-0.15, -0.1) is 0 Å². The van der Waals surface area contributed by atoms with Crippen LogP contribution >= 0.6 is 15.9 Å². The zero-order valence-electron chi connectivity index (χ0n) is 15.1. The molecule has 4 nitrogen and oxygen atoms in total. The van der Waals surface area contributed by atoms with Crippen LogP contribution in [0.3, 0.4) is 0 Å². The first-order chi connectivity index (χ1) is 14.1. The monoisotopic (exact) mass is 451 g/mol. The van der Waals surface area contributed by atoms with Crippen molar-refractivity contribution in [2.75, 3.05) is 0 Å². The highest BCUT2D eigenvalue weighted by Crippen LogP contribution is 2.22. The largest absolute Gasteiger partial charge is 0.489 e. The molecule has 0 bridgehead atoms. The molecule has 29 heavy (non-hydrogen) atoms. The van der Waals surface area contributed by atoms with Crippen molar-refractivity contribution in [2.24, 2.45) is 4.99 Å². The summed E-state index contributed by atoms with van der Waals surface area (Å²) in [5.41, 5.74) is 2.56. The van der Waals surface area contributed by atoms with E-state index in [1.165, 1.54) is 12.1 Å². The lowest BCUT2D eigenvalue weighted by molar-refractivity contribution is -0.129. The molecule has 0 amide bonds. The summed E-state index contributed by atoms with van der Waals surface area (Å²) in [7, 11) is 0. The van der Waals surface area contributed by atoms with E-state index >= 15 is 0 Å². The first-order valence-corrected chi connectivity index (χ1v) is 9.62. The molecule has 0 aromatic heterocycles. The fourth-order valence-electron chi connectivity index (χ4n) is 2.72. The third-order valence-corrected chi connectivity index (χ3v) is 4.72. The summed E-state index contributed by atoms with van der Waals surface area (Å²) >= 11 is 3.37. The fourth-order valence-corrected chi connectivity index (χ4v) is 2.99. The molecule has 0 aliphatic carbocycles. The van der Waals surface area contributed by atoms with E-state index in [1.807, 2.05) is 42.5 Å². The first-order valence-electron chi connectivity index (χ1n) is 8.83. The summed E-state index contributed by atoms with van der Waals surface area (Å²) in [6.07, 6.45) is 1.65. The van der Waals surface area contributed by atoms with Gasteiger partial charge in [0, 0.05) is 10.0 Å². The third kappa shape index (κ3) is 4.78. The molecule has 0 saturated heterocycles. The Hall–Kier alpha value is -3.25. The van der Waals surface area contributed by atoms with Gasteiger partial charge in [-0.25, -0.2) is 14.2 Å². The SMILES string of the molecule is O=C1OC(c2ccc(Br)cc2)=N/C1=C/c1cccc(OCc2ccc(F)cc2)c1. The Morgan fingerprint density at radius 1 is 1.03 bits per heavy atom. The van der Waals surface area contributed by atoms with Crippen molar-refractivity contribution >= 4 is 33.9 Å².